The van der Waals surface area contributed by atoms with E-state index >= 15 is 0 Å². The molecule has 0 aliphatic carbocycles. The van der Waals surface area contributed by atoms with Gasteiger partial charge in [-0.1, -0.05) is 66.7 Å². The molecule has 0 saturated carbocycles. The van der Waals surface area contributed by atoms with Crippen LogP contribution in [-0.4, -0.2) is 16.2 Å². The average Bonchev–Trinajstić information content (AvgIpc) is 2.97. The molecule has 1 aromatic heterocycles. The van der Waals surface area contributed by atoms with E-state index in [0.717, 1.165) is 33.1 Å². The highest BCUT2D eigenvalue weighted by Crippen LogP contribution is 2.28. The summed E-state index contributed by atoms with van der Waals surface area (Å²) in [6.07, 6.45) is 0. The topological polar surface area (TPSA) is 41.1 Å². The molecule has 0 saturated heterocycles. The molecule has 3 heteroatoms. The van der Waals surface area contributed by atoms with Crippen molar-refractivity contribution in [3.05, 3.63) is 84.4 Å². The number of benzene rings is 3. The van der Waals surface area contributed by atoms with E-state index in [4.69, 9.17) is 5.41 Å². The average molecular weight is 311 g/mol. The van der Waals surface area contributed by atoms with Crippen molar-refractivity contribution in [3.63, 3.8) is 0 Å². The lowest BCUT2D eigenvalue weighted by molar-refractivity contribution is 1.19. The number of para-hydroxylation sites is 2. The van der Waals surface area contributed by atoms with Crippen LogP contribution in [0.15, 0.2) is 83.9 Å². The molecule has 0 amide bonds. The molecule has 0 bridgehead atoms. The predicted octanol–water partition coefficient (Wildman–Crippen LogP) is 5.09. The van der Waals surface area contributed by atoms with Crippen molar-refractivity contribution < 1.29 is 0 Å². The Balaban J connectivity index is 1.91. The van der Waals surface area contributed by atoms with Gasteiger partial charge in [0.05, 0.1) is 11.0 Å². The number of nitrogens with zero attached hydrogens (tertiary/aromatic N) is 2. The smallest absolute Gasteiger partial charge is 0.227 e. The molecular weight excluding hydrogens is 294 g/mol. The van der Waals surface area contributed by atoms with E-state index in [2.05, 4.69) is 17.1 Å². The lowest BCUT2D eigenvalue weighted by Crippen LogP contribution is -2.10. The number of aliphatic imine (C=N–C) groups is 1. The SMILES string of the molecule is CC(=NC(=N)n1c2ccccc2c2ccccc21)c1ccccc1. The number of hydrogen-bond donors (Lipinski definition) is 1. The first-order valence-corrected chi connectivity index (χ1v) is 7.93. The highest BCUT2D eigenvalue weighted by atomic mass is 15.1. The molecule has 0 fully saturated rings. The van der Waals surface area contributed by atoms with Crippen molar-refractivity contribution in [2.75, 3.05) is 0 Å². The number of fused-ring (bicyclic) bond motifs is 3. The summed E-state index contributed by atoms with van der Waals surface area (Å²) in [4.78, 5) is 4.55. The second-order valence-electron chi connectivity index (χ2n) is 5.76. The molecule has 4 rings (SSSR count). The summed E-state index contributed by atoms with van der Waals surface area (Å²) in [7, 11) is 0. The van der Waals surface area contributed by atoms with Crippen LogP contribution in [0.3, 0.4) is 0 Å². The third-order valence-electron chi connectivity index (χ3n) is 4.26. The Hall–Kier alpha value is -3.20. The molecule has 1 N–H and O–H groups in total. The largest absolute Gasteiger partial charge is 0.278 e. The molecule has 3 nitrogen and oxygen atoms in total. The van der Waals surface area contributed by atoms with Crippen LogP contribution < -0.4 is 0 Å². The normalized spacial score (nSPS) is 12.0. The van der Waals surface area contributed by atoms with Crippen molar-refractivity contribution in [1.82, 2.24) is 4.57 Å². The van der Waals surface area contributed by atoms with E-state index in [1.807, 2.05) is 78.2 Å². The fraction of sp³-hybridized carbons (Fsp3) is 0.0476. The van der Waals surface area contributed by atoms with Crippen LogP contribution in [0.4, 0.5) is 0 Å². The van der Waals surface area contributed by atoms with Gasteiger partial charge in [0.1, 0.15) is 0 Å². The van der Waals surface area contributed by atoms with E-state index in [1.54, 1.807) is 0 Å². The molecule has 0 radical (unpaired) electrons. The maximum atomic E-state index is 8.57. The summed E-state index contributed by atoms with van der Waals surface area (Å²) in [5, 5.41) is 10.9. The van der Waals surface area contributed by atoms with E-state index < -0.39 is 0 Å². The highest BCUT2D eigenvalue weighted by molar-refractivity contribution is 6.15. The van der Waals surface area contributed by atoms with E-state index in [9.17, 15) is 0 Å². The van der Waals surface area contributed by atoms with Crippen LogP contribution in [0.1, 0.15) is 12.5 Å². The first-order chi connectivity index (χ1) is 11.8. The summed E-state index contributed by atoms with van der Waals surface area (Å²) in [6, 6.07) is 26.3. The predicted molar refractivity (Wildman–Crippen MR) is 101 cm³/mol. The summed E-state index contributed by atoms with van der Waals surface area (Å²) in [6.45, 7) is 1.94. The zero-order valence-corrected chi connectivity index (χ0v) is 13.4. The standard InChI is InChI=1S/C21H17N3/c1-15(16-9-3-2-4-10-16)23-21(22)24-19-13-7-5-11-17(19)18-12-6-8-14-20(18)24/h2-14,22H,1H3. The monoisotopic (exact) mass is 311 g/mol. The number of hydrogen-bond acceptors (Lipinski definition) is 1. The molecule has 0 unspecified atom stereocenters. The highest BCUT2D eigenvalue weighted by Gasteiger charge is 2.12. The summed E-state index contributed by atoms with van der Waals surface area (Å²) < 4.78 is 1.91. The van der Waals surface area contributed by atoms with E-state index in [0.29, 0.717) is 0 Å². The Bertz CT molecular complexity index is 1020. The van der Waals surface area contributed by atoms with Gasteiger partial charge in [0, 0.05) is 16.5 Å². The second-order valence-corrected chi connectivity index (χ2v) is 5.76. The van der Waals surface area contributed by atoms with E-state index in [-0.39, 0.29) is 5.96 Å². The van der Waals surface area contributed by atoms with Crippen LogP contribution in [0.25, 0.3) is 21.8 Å². The lowest BCUT2D eigenvalue weighted by atomic mass is 10.1. The molecule has 4 aromatic rings. The van der Waals surface area contributed by atoms with Gasteiger partial charge in [-0.25, -0.2) is 4.99 Å². The van der Waals surface area contributed by atoms with Crippen LogP contribution in [0, 0.1) is 5.41 Å². The molecule has 0 atom stereocenters. The molecule has 1 heterocycles. The van der Waals surface area contributed by atoms with E-state index in [1.165, 1.54) is 0 Å². The van der Waals surface area contributed by atoms with Crippen molar-refractivity contribution in [3.8, 4) is 0 Å². The second kappa shape index (κ2) is 5.78. The number of aromatic nitrogens is 1. The Morgan fingerprint density at radius 3 is 1.83 bits per heavy atom. The van der Waals surface area contributed by atoms with Gasteiger partial charge in [-0.2, -0.15) is 0 Å². The maximum Gasteiger partial charge on any atom is 0.227 e. The van der Waals surface area contributed by atoms with Gasteiger partial charge in [0.15, 0.2) is 0 Å². The Morgan fingerprint density at radius 2 is 1.25 bits per heavy atom. The molecule has 3 aromatic carbocycles. The number of nitrogens with one attached hydrogen (secondary N) is 1. The third-order valence-corrected chi connectivity index (χ3v) is 4.26. The Morgan fingerprint density at radius 1 is 0.750 bits per heavy atom. The molecule has 0 aliphatic rings. The van der Waals surface area contributed by atoms with Crippen LogP contribution in [0.2, 0.25) is 0 Å². The lowest BCUT2D eigenvalue weighted by Gasteiger charge is -2.06. The number of rotatable bonds is 1. The van der Waals surface area contributed by atoms with Gasteiger partial charge < -0.3 is 0 Å². The van der Waals surface area contributed by atoms with Gasteiger partial charge in [0.25, 0.3) is 0 Å². The zero-order chi connectivity index (χ0) is 16.5. The first-order valence-electron chi connectivity index (χ1n) is 7.93. The fourth-order valence-electron chi connectivity index (χ4n) is 3.10. The van der Waals surface area contributed by atoms with Crippen molar-refractivity contribution in [2.45, 2.75) is 6.92 Å². The molecule has 0 aliphatic heterocycles. The van der Waals surface area contributed by atoms with Gasteiger partial charge in [-0.05, 0) is 24.6 Å². The van der Waals surface area contributed by atoms with Crippen LogP contribution >= 0.6 is 0 Å². The minimum Gasteiger partial charge on any atom is -0.278 e. The van der Waals surface area contributed by atoms with Gasteiger partial charge in [-0.15, -0.1) is 0 Å². The molecular formula is C21H17N3. The third kappa shape index (κ3) is 2.31. The molecule has 24 heavy (non-hydrogen) atoms. The Labute approximate surface area is 140 Å². The minimum atomic E-state index is 0.230. The zero-order valence-electron chi connectivity index (χ0n) is 13.4. The van der Waals surface area contributed by atoms with Gasteiger partial charge in [-0.3, -0.25) is 9.98 Å². The quantitative estimate of drug-likeness (QED) is 0.376. The molecule has 116 valence electrons. The van der Waals surface area contributed by atoms with Crippen molar-refractivity contribution >= 4 is 33.5 Å². The van der Waals surface area contributed by atoms with Crippen molar-refractivity contribution in [1.29, 1.82) is 5.41 Å². The van der Waals surface area contributed by atoms with Crippen LogP contribution in [0.5, 0.6) is 0 Å². The summed E-state index contributed by atoms with van der Waals surface area (Å²) in [5.41, 5.74) is 3.88. The van der Waals surface area contributed by atoms with Crippen LogP contribution in [-0.2, 0) is 0 Å². The first kappa shape index (κ1) is 14.4. The van der Waals surface area contributed by atoms with Crippen molar-refractivity contribution in [2.24, 2.45) is 4.99 Å². The summed E-state index contributed by atoms with van der Waals surface area (Å²) in [5.74, 6) is 0.230. The maximum absolute atomic E-state index is 8.57. The molecule has 0 spiro atoms. The Kier molecular flexibility index (Phi) is 3.47. The van der Waals surface area contributed by atoms with Gasteiger partial charge in [0.2, 0.25) is 5.96 Å². The fourth-order valence-corrected chi connectivity index (χ4v) is 3.10. The van der Waals surface area contributed by atoms with Gasteiger partial charge >= 0.3 is 0 Å². The minimum absolute atomic E-state index is 0.230. The summed E-state index contributed by atoms with van der Waals surface area (Å²) >= 11 is 0.